The van der Waals surface area contributed by atoms with Crippen LogP contribution in [0.2, 0.25) is 0 Å². The van der Waals surface area contributed by atoms with Gasteiger partial charge in [0.15, 0.2) is 11.6 Å². The first kappa shape index (κ1) is 15.5. The number of rotatable bonds is 8. The summed E-state index contributed by atoms with van der Waals surface area (Å²) in [7, 11) is 0.406. The van der Waals surface area contributed by atoms with E-state index in [2.05, 4.69) is 5.32 Å². The lowest BCUT2D eigenvalue weighted by atomic mass is 10.1. The largest absolute Gasteiger partial charge is 0.496 e. The summed E-state index contributed by atoms with van der Waals surface area (Å²) in [6.45, 7) is 1.01. The van der Waals surface area contributed by atoms with E-state index < -0.39 is 12.9 Å². The molecule has 2 aromatic carbocycles. The first-order chi connectivity index (χ1) is 12.3. The minimum Gasteiger partial charge on any atom is -0.496 e. The van der Waals surface area contributed by atoms with Crippen LogP contribution in [0.25, 0.3) is 0 Å². The maximum Gasteiger partial charge on any atom is 0.168 e. The third-order valence-corrected chi connectivity index (χ3v) is 3.52. The van der Waals surface area contributed by atoms with Crippen LogP contribution < -0.4 is 19.5 Å². The van der Waals surface area contributed by atoms with Gasteiger partial charge in [0.2, 0.25) is 0 Å². The number of halogens is 2. The molecule has 0 fully saturated rings. The molecule has 4 nitrogen and oxygen atoms in total. The molecule has 2 rings (SSSR count). The molecule has 0 radical (unpaired) electrons. The number of methoxy groups -OCH3 is 3. The van der Waals surface area contributed by atoms with E-state index in [-0.39, 0.29) is 18.2 Å². The Labute approximate surface area is 152 Å². The molecule has 0 unspecified atom stereocenters. The molecule has 0 spiro atoms. The summed E-state index contributed by atoms with van der Waals surface area (Å²) in [5, 5.41) is 3.23. The SMILES string of the molecule is Cl.[2H]C([2H])([2H])Oc1ccccc1CNCCc1cc(OC)c(F)cc1OC. The molecule has 132 valence electrons. The Balaban J connectivity index is 0.00000364. The Morgan fingerprint density at radius 1 is 1.00 bits per heavy atom. The highest BCUT2D eigenvalue weighted by Crippen LogP contribution is 2.27. The van der Waals surface area contributed by atoms with Gasteiger partial charge in [-0.3, -0.25) is 0 Å². The average Bonchev–Trinajstić information content (AvgIpc) is 2.59. The molecule has 1 N–H and O–H groups in total. The van der Waals surface area contributed by atoms with Crippen LogP contribution in [0.4, 0.5) is 4.39 Å². The Bertz CT molecular complexity index is 744. The predicted molar refractivity (Wildman–Crippen MR) is 95.2 cm³/mol. The van der Waals surface area contributed by atoms with Crippen LogP contribution in [0.1, 0.15) is 15.2 Å². The molecule has 0 amide bonds. The fourth-order valence-corrected chi connectivity index (χ4v) is 2.31. The summed E-state index contributed by atoms with van der Waals surface area (Å²) in [5.74, 6) is 0.464. The molecule has 6 heteroatoms. The minimum atomic E-state index is -2.49. The highest BCUT2D eigenvalue weighted by molar-refractivity contribution is 5.85. The van der Waals surface area contributed by atoms with Gasteiger partial charge < -0.3 is 19.5 Å². The Kier molecular flexibility index (Phi) is 6.48. The topological polar surface area (TPSA) is 39.7 Å². The number of nitrogens with one attached hydrogen (secondary N) is 1. The molecule has 0 saturated carbocycles. The average molecular weight is 359 g/mol. The van der Waals surface area contributed by atoms with Crippen molar-refractivity contribution in [3.05, 3.63) is 53.3 Å². The Morgan fingerprint density at radius 2 is 1.75 bits per heavy atom. The highest BCUT2D eigenvalue weighted by atomic mass is 35.5. The Morgan fingerprint density at radius 3 is 2.46 bits per heavy atom. The van der Waals surface area contributed by atoms with Gasteiger partial charge in [-0.15, -0.1) is 12.4 Å². The van der Waals surface area contributed by atoms with Crippen LogP contribution in [-0.2, 0) is 13.0 Å². The van der Waals surface area contributed by atoms with Gasteiger partial charge >= 0.3 is 0 Å². The zero-order chi connectivity index (χ0) is 19.2. The summed E-state index contributed by atoms with van der Waals surface area (Å²) in [4.78, 5) is 0. The van der Waals surface area contributed by atoms with Crippen molar-refractivity contribution in [2.45, 2.75) is 13.0 Å². The number of ether oxygens (including phenoxy) is 3. The van der Waals surface area contributed by atoms with Gasteiger partial charge in [0.25, 0.3) is 0 Å². The molecule has 0 aliphatic rings. The lowest BCUT2D eigenvalue weighted by molar-refractivity contribution is 0.374. The van der Waals surface area contributed by atoms with Gasteiger partial charge in [-0.25, -0.2) is 4.39 Å². The van der Waals surface area contributed by atoms with Crippen LogP contribution in [0.5, 0.6) is 17.2 Å². The number of hydrogen-bond donors (Lipinski definition) is 1. The van der Waals surface area contributed by atoms with E-state index in [1.807, 2.05) is 6.07 Å². The highest BCUT2D eigenvalue weighted by Gasteiger charge is 2.11. The van der Waals surface area contributed by atoms with Crippen LogP contribution in [0.3, 0.4) is 0 Å². The van der Waals surface area contributed by atoms with Crippen molar-refractivity contribution in [1.82, 2.24) is 5.32 Å². The molecule has 0 heterocycles. The third kappa shape index (κ3) is 5.01. The summed E-state index contributed by atoms with van der Waals surface area (Å²) in [6.07, 6.45) is 0.585. The summed E-state index contributed by atoms with van der Waals surface area (Å²) in [6, 6.07) is 9.87. The van der Waals surface area contributed by atoms with Crippen molar-refractivity contribution in [2.24, 2.45) is 0 Å². The number of hydrogen-bond acceptors (Lipinski definition) is 4. The summed E-state index contributed by atoms with van der Waals surface area (Å²) < 4.78 is 50.6. The second-order valence-corrected chi connectivity index (χ2v) is 4.94. The second kappa shape index (κ2) is 10.0. The van der Waals surface area contributed by atoms with Gasteiger partial charge in [0.1, 0.15) is 11.5 Å². The van der Waals surface area contributed by atoms with E-state index in [9.17, 15) is 4.39 Å². The maximum atomic E-state index is 13.7. The van der Waals surface area contributed by atoms with E-state index >= 15 is 0 Å². The lowest BCUT2D eigenvalue weighted by Gasteiger charge is -2.13. The molecule has 0 aromatic heterocycles. The smallest absolute Gasteiger partial charge is 0.168 e. The number of para-hydroxylation sites is 1. The van der Waals surface area contributed by atoms with Gasteiger partial charge in [-0.2, -0.15) is 0 Å². The first-order valence-corrected chi connectivity index (χ1v) is 7.22. The van der Waals surface area contributed by atoms with Gasteiger partial charge in [0.05, 0.1) is 25.4 Å². The lowest BCUT2D eigenvalue weighted by Crippen LogP contribution is -2.17. The zero-order valence-corrected chi connectivity index (χ0v) is 14.4. The minimum absolute atomic E-state index is 0. The van der Waals surface area contributed by atoms with Crippen molar-refractivity contribution >= 4 is 12.4 Å². The van der Waals surface area contributed by atoms with Crippen LogP contribution in [-0.4, -0.2) is 27.8 Å². The van der Waals surface area contributed by atoms with Crippen molar-refractivity contribution in [3.63, 3.8) is 0 Å². The van der Waals surface area contributed by atoms with Gasteiger partial charge in [-0.1, -0.05) is 18.2 Å². The molecule has 0 aliphatic carbocycles. The fourth-order valence-electron chi connectivity index (χ4n) is 2.31. The van der Waals surface area contributed by atoms with Crippen LogP contribution in [0.15, 0.2) is 36.4 Å². The fraction of sp³-hybridized carbons (Fsp3) is 0.333. The van der Waals surface area contributed by atoms with E-state index in [1.165, 1.54) is 20.3 Å². The van der Waals surface area contributed by atoms with Crippen LogP contribution >= 0.6 is 12.4 Å². The molecular formula is C18H23ClFNO3. The molecule has 2 aromatic rings. The van der Waals surface area contributed by atoms with Gasteiger partial charge in [0, 0.05) is 18.2 Å². The van der Waals surface area contributed by atoms with E-state index in [1.54, 1.807) is 24.3 Å². The van der Waals surface area contributed by atoms with E-state index in [4.69, 9.17) is 18.3 Å². The third-order valence-electron chi connectivity index (χ3n) is 3.52. The molecule has 0 aliphatic heterocycles. The summed E-state index contributed by atoms with van der Waals surface area (Å²) >= 11 is 0. The van der Waals surface area contributed by atoms with Crippen LogP contribution in [0, 0.1) is 5.82 Å². The van der Waals surface area contributed by atoms with Crippen molar-refractivity contribution in [1.29, 1.82) is 0 Å². The molecular weight excluding hydrogens is 333 g/mol. The standard InChI is InChI=1S/C18H22FNO3.ClH/c1-21-16-7-5-4-6-14(16)12-20-9-8-13-10-18(23-3)15(19)11-17(13)22-2;/h4-7,10-11,20H,8-9,12H2,1-3H3;1H/i1D3;. The van der Waals surface area contributed by atoms with Crippen molar-refractivity contribution < 1.29 is 22.7 Å². The van der Waals surface area contributed by atoms with Crippen molar-refractivity contribution in [3.8, 4) is 17.2 Å². The second-order valence-electron chi connectivity index (χ2n) is 4.94. The molecule has 24 heavy (non-hydrogen) atoms. The molecule has 0 atom stereocenters. The van der Waals surface area contributed by atoms with Gasteiger partial charge in [-0.05, 0) is 30.7 Å². The predicted octanol–water partition coefficient (Wildman–Crippen LogP) is 3.61. The monoisotopic (exact) mass is 358 g/mol. The summed E-state index contributed by atoms with van der Waals surface area (Å²) in [5.41, 5.74) is 1.55. The normalized spacial score (nSPS) is 12.4. The zero-order valence-electron chi connectivity index (χ0n) is 16.6. The number of benzene rings is 2. The quantitative estimate of drug-likeness (QED) is 0.732. The van der Waals surface area contributed by atoms with E-state index in [0.29, 0.717) is 31.0 Å². The van der Waals surface area contributed by atoms with E-state index in [0.717, 1.165) is 11.1 Å². The Hall–Kier alpha value is -1.98. The maximum absolute atomic E-state index is 13.7. The van der Waals surface area contributed by atoms with Crippen molar-refractivity contribution in [2.75, 3.05) is 27.8 Å². The molecule has 0 saturated heterocycles. The first-order valence-electron chi connectivity index (χ1n) is 8.72. The molecule has 0 bridgehead atoms.